The zero-order valence-electron chi connectivity index (χ0n) is 16.6. The molecule has 1 aromatic rings. The topological polar surface area (TPSA) is 120 Å². The minimum absolute atomic E-state index is 0.253. The fourth-order valence-electron chi connectivity index (χ4n) is 2.08. The number of nitrogens with two attached hydrogens (primary N) is 1. The zero-order chi connectivity index (χ0) is 20.7. The molecule has 0 saturated heterocycles. The summed E-state index contributed by atoms with van der Waals surface area (Å²) < 4.78 is 15.3. The highest BCUT2D eigenvalue weighted by Crippen LogP contribution is 2.22. The number of esters is 1. The van der Waals surface area contributed by atoms with Crippen molar-refractivity contribution in [2.45, 2.75) is 33.2 Å². The lowest BCUT2D eigenvalue weighted by atomic mass is 10.1. The second-order valence-electron chi connectivity index (χ2n) is 5.70. The third-order valence-corrected chi connectivity index (χ3v) is 3.53. The Morgan fingerprint density at radius 1 is 1.22 bits per heavy atom. The van der Waals surface area contributed by atoms with Gasteiger partial charge in [0.15, 0.2) is 0 Å². The number of methoxy groups -OCH3 is 1. The summed E-state index contributed by atoms with van der Waals surface area (Å²) in [5.74, 6) is -1.24. The summed E-state index contributed by atoms with van der Waals surface area (Å²) in [6.45, 7) is 7.34. The molecule has 1 rings (SSSR count). The molecule has 0 fully saturated rings. The van der Waals surface area contributed by atoms with Gasteiger partial charge in [-0.3, -0.25) is 4.79 Å². The predicted octanol–water partition coefficient (Wildman–Crippen LogP) is 1.59. The minimum Gasteiger partial charge on any atom is -0.480 e. The average Bonchev–Trinajstić information content (AvgIpc) is 2.66. The van der Waals surface area contributed by atoms with Crippen molar-refractivity contribution in [2.24, 2.45) is 5.73 Å². The number of benzene rings is 1. The van der Waals surface area contributed by atoms with Gasteiger partial charge in [0, 0.05) is 12.8 Å². The fourth-order valence-corrected chi connectivity index (χ4v) is 2.08. The number of para-hydroxylation sites is 1. The van der Waals surface area contributed by atoms with E-state index in [4.69, 9.17) is 19.3 Å². The Hall–Kier alpha value is -2.16. The van der Waals surface area contributed by atoms with E-state index in [1.54, 1.807) is 14.0 Å². The molecule has 0 saturated carbocycles. The molecule has 0 bridgehead atoms. The molecule has 27 heavy (non-hydrogen) atoms. The molecule has 154 valence electrons. The first-order valence-corrected chi connectivity index (χ1v) is 8.87. The van der Waals surface area contributed by atoms with E-state index >= 15 is 0 Å². The van der Waals surface area contributed by atoms with Gasteiger partial charge in [0.2, 0.25) is 0 Å². The molecule has 4 N–H and O–H groups in total. The molecule has 0 unspecified atom stereocenters. The number of rotatable bonds is 11. The molecule has 8 nitrogen and oxygen atoms in total. The molecule has 0 aliphatic heterocycles. The highest BCUT2D eigenvalue weighted by Gasteiger charge is 2.16. The van der Waals surface area contributed by atoms with Crippen LogP contribution in [-0.2, 0) is 30.2 Å². The Kier molecular flexibility index (Phi) is 13.8. The number of carboxylic acid groups (broad SMARTS) is 1. The molecule has 0 heterocycles. The van der Waals surface area contributed by atoms with E-state index in [1.807, 2.05) is 19.1 Å². The number of anilines is 1. The van der Waals surface area contributed by atoms with Gasteiger partial charge in [-0.2, -0.15) is 0 Å². The highest BCUT2D eigenvalue weighted by atomic mass is 16.6. The third kappa shape index (κ3) is 11.2. The van der Waals surface area contributed by atoms with Crippen LogP contribution < -0.4 is 11.1 Å². The molecule has 0 aliphatic rings. The molecular formula is C19H32N2O6. The second-order valence-corrected chi connectivity index (χ2v) is 5.70. The van der Waals surface area contributed by atoms with Crippen molar-refractivity contribution in [3.8, 4) is 0 Å². The summed E-state index contributed by atoms with van der Waals surface area (Å²) in [4.78, 5) is 21.2. The van der Waals surface area contributed by atoms with Crippen LogP contribution in [0, 0.1) is 6.92 Å². The molecule has 1 atom stereocenters. The first-order chi connectivity index (χ1) is 12.9. The molecule has 1 aromatic carbocycles. The van der Waals surface area contributed by atoms with E-state index in [1.165, 1.54) is 5.56 Å². The van der Waals surface area contributed by atoms with Crippen molar-refractivity contribution in [1.29, 1.82) is 0 Å². The molecular weight excluding hydrogens is 352 g/mol. The van der Waals surface area contributed by atoms with Gasteiger partial charge in [-0.25, -0.2) is 4.79 Å². The Morgan fingerprint density at radius 2 is 1.85 bits per heavy atom. The maximum Gasteiger partial charge on any atom is 0.328 e. The number of carbonyl (C=O) groups is 2. The lowest BCUT2D eigenvalue weighted by molar-refractivity contribution is -0.145. The van der Waals surface area contributed by atoms with Crippen LogP contribution >= 0.6 is 0 Å². The number of hydrogen-bond acceptors (Lipinski definition) is 7. The van der Waals surface area contributed by atoms with Gasteiger partial charge in [0.1, 0.15) is 12.6 Å². The molecule has 8 heteroatoms. The maximum atomic E-state index is 12.0. The number of carboxylic acids is 1. The van der Waals surface area contributed by atoms with Gasteiger partial charge in [0.05, 0.1) is 26.4 Å². The summed E-state index contributed by atoms with van der Waals surface area (Å²) in [5.41, 5.74) is 7.91. The van der Waals surface area contributed by atoms with Crippen molar-refractivity contribution < 1.29 is 28.9 Å². The van der Waals surface area contributed by atoms with Crippen LogP contribution in [-0.4, -0.2) is 63.2 Å². The Morgan fingerprint density at radius 3 is 2.41 bits per heavy atom. The number of aliphatic carboxylic acids is 1. The standard InChI is InChI=1S/C17H27NO4.C2H5NO2/c1-5-15-8-6-7-13(2)16(15)18-14(3)17(19)22-12-11-21-10-9-20-4;3-1-2(4)5/h6-8,14,18H,5,9-12H2,1-4H3;1,3H2,(H,4,5)/t14-;/m0./s1. The van der Waals surface area contributed by atoms with Gasteiger partial charge >= 0.3 is 11.9 Å². The number of ether oxygens (including phenoxy) is 3. The largest absolute Gasteiger partial charge is 0.480 e. The zero-order valence-corrected chi connectivity index (χ0v) is 16.6. The van der Waals surface area contributed by atoms with E-state index in [-0.39, 0.29) is 19.1 Å². The Bertz CT molecular complexity index is 565. The average molecular weight is 384 g/mol. The highest BCUT2D eigenvalue weighted by molar-refractivity contribution is 5.79. The van der Waals surface area contributed by atoms with Crippen molar-refractivity contribution in [3.63, 3.8) is 0 Å². The second kappa shape index (κ2) is 15.0. The molecule has 0 amide bonds. The van der Waals surface area contributed by atoms with Crippen LogP contribution in [0.1, 0.15) is 25.0 Å². The van der Waals surface area contributed by atoms with Crippen LogP contribution in [0.3, 0.4) is 0 Å². The van der Waals surface area contributed by atoms with Gasteiger partial charge in [-0.15, -0.1) is 0 Å². The van der Waals surface area contributed by atoms with Crippen molar-refractivity contribution in [2.75, 3.05) is 45.4 Å². The SMILES string of the molecule is CCc1cccc(C)c1N[C@@H](C)C(=O)OCCOCCOC.NCC(=O)O. The van der Waals surface area contributed by atoms with Gasteiger partial charge in [-0.05, 0) is 31.4 Å². The van der Waals surface area contributed by atoms with Crippen LogP contribution in [0.25, 0.3) is 0 Å². The summed E-state index contributed by atoms with van der Waals surface area (Å²) >= 11 is 0. The third-order valence-electron chi connectivity index (χ3n) is 3.53. The van der Waals surface area contributed by atoms with Crippen molar-refractivity contribution >= 4 is 17.6 Å². The monoisotopic (exact) mass is 384 g/mol. The smallest absolute Gasteiger partial charge is 0.328 e. The maximum absolute atomic E-state index is 12.0. The van der Waals surface area contributed by atoms with E-state index in [0.717, 1.165) is 17.7 Å². The normalized spacial score (nSPS) is 11.1. The Balaban J connectivity index is 0.00000119. The lowest BCUT2D eigenvalue weighted by Gasteiger charge is -2.19. The van der Waals surface area contributed by atoms with E-state index in [0.29, 0.717) is 19.8 Å². The summed E-state index contributed by atoms with van der Waals surface area (Å²) in [6, 6.07) is 5.73. The fraction of sp³-hybridized carbons (Fsp3) is 0.579. The van der Waals surface area contributed by atoms with Crippen molar-refractivity contribution in [1.82, 2.24) is 0 Å². The van der Waals surface area contributed by atoms with Gasteiger partial charge in [0.25, 0.3) is 0 Å². The first-order valence-electron chi connectivity index (χ1n) is 8.87. The van der Waals surface area contributed by atoms with Crippen LogP contribution in [0.4, 0.5) is 5.69 Å². The van der Waals surface area contributed by atoms with Gasteiger partial charge < -0.3 is 30.4 Å². The molecule has 0 radical (unpaired) electrons. The Labute approximate surface area is 161 Å². The quantitative estimate of drug-likeness (QED) is 0.389. The van der Waals surface area contributed by atoms with E-state index in [9.17, 15) is 9.59 Å². The van der Waals surface area contributed by atoms with Gasteiger partial charge in [-0.1, -0.05) is 25.1 Å². The lowest BCUT2D eigenvalue weighted by Crippen LogP contribution is -2.30. The van der Waals surface area contributed by atoms with Crippen molar-refractivity contribution in [3.05, 3.63) is 29.3 Å². The molecule has 0 spiro atoms. The number of carbonyl (C=O) groups excluding carboxylic acids is 1. The first kappa shape index (κ1) is 24.8. The van der Waals surface area contributed by atoms with E-state index < -0.39 is 12.0 Å². The number of nitrogens with one attached hydrogen (secondary N) is 1. The minimum atomic E-state index is -0.968. The van der Waals surface area contributed by atoms with Crippen LogP contribution in [0.5, 0.6) is 0 Å². The summed E-state index contributed by atoms with van der Waals surface area (Å²) in [7, 11) is 1.62. The predicted molar refractivity (Wildman–Crippen MR) is 104 cm³/mol. The van der Waals surface area contributed by atoms with Crippen LogP contribution in [0.15, 0.2) is 18.2 Å². The number of hydrogen-bond donors (Lipinski definition) is 3. The summed E-state index contributed by atoms with van der Waals surface area (Å²) in [6.07, 6.45) is 0.916. The van der Waals surface area contributed by atoms with E-state index in [2.05, 4.69) is 24.0 Å². The number of aryl methyl sites for hydroxylation is 2. The van der Waals surface area contributed by atoms with Crippen LogP contribution in [0.2, 0.25) is 0 Å². The molecule has 0 aromatic heterocycles. The summed E-state index contributed by atoms with van der Waals surface area (Å²) in [5, 5.41) is 10.9. The molecule has 0 aliphatic carbocycles.